The molecule has 0 spiro atoms. The minimum Gasteiger partial charge on any atom is -0.346 e. The fourth-order valence-electron chi connectivity index (χ4n) is 1.33. The Labute approximate surface area is 102 Å². The number of carbonyl (C=O) groups excluding carboxylic acids is 1. The van der Waals surface area contributed by atoms with Crippen molar-refractivity contribution in [3.63, 3.8) is 0 Å². The van der Waals surface area contributed by atoms with Crippen LogP contribution in [0.4, 0.5) is 13.2 Å². The van der Waals surface area contributed by atoms with Gasteiger partial charge in [0.05, 0.1) is 6.54 Å². The van der Waals surface area contributed by atoms with Gasteiger partial charge in [-0.1, -0.05) is 0 Å². The number of alkyl halides is 3. The zero-order valence-electron chi connectivity index (χ0n) is 9.92. The van der Waals surface area contributed by atoms with Crippen LogP contribution in [0.5, 0.6) is 0 Å². The predicted molar refractivity (Wildman–Crippen MR) is 58.8 cm³/mol. The Balaban J connectivity index is 2.11. The van der Waals surface area contributed by atoms with E-state index in [2.05, 4.69) is 10.4 Å². The summed E-state index contributed by atoms with van der Waals surface area (Å²) < 4.78 is 37.1. The standard InChI is InChI=1S/C10H15F3N4O/c1-17-8(3-5-16-17)2-4-14-6-9(18)15-7-10(11,12)13/h3,5,14H,2,4,6-7H2,1H3,(H,15,18). The largest absolute Gasteiger partial charge is 0.405 e. The van der Waals surface area contributed by atoms with Crippen LogP contribution in [0.1, 0.15) is 5.69 Å². The molecule has 0 aromatic carbocycles. The molecule has 1 aromatic heterocycles. The van der Waals surface area contributed by atoms with Crippen molar-refractivity contribution in [2.24, 2.45) is 7.05 Å². The summed E-state index contributed by atoms with van der Waals surface area (Å²) in [6.45, 7) is -0.928. The lowest BCUT2D eigenvalue weighted by Crippen LogP contribution is -2.39. The fourth-order valence-corrected chi connectivity index (χ4v) is 1.33. The lowest BCUT2D eigenvalue weighted by atomic mass is 10.3. The third-order valence-corrected chi connectivity index (χ3v) is 2.25. The average Bonchev–Trinajstić information content (AvgIpc) is 2.67. The summed E-state index contributed by atoms with van der Waals surface area (Å²) in [4.78, 5) is 11.0. The number of amides is 1. The summed E-state index contributed by atoms with van der Waals surface area (Å²) in [5.41, 5.74) is 0.984. The Morgan fingerprint density at radius 2 is 2.22 bits per heavy atom. The Kier molecular flexibility index (Phi) is 5.14. The Hall–Kier alpha value is -1.57. The second-order valence-electron chi connectivity index (χ2n) is 3.76. The van der Waals surface area contributed by atoms with Crippen LogP contribution in [-0.2, 0) is 18.3 Å². The molecular formula is C10H15F3N4O. The minimum atomic E-state index is -4.37. The van der Waals surface area contributed by atoms with E-state index >= 15 is 0 Å². The molecule has 2 N–H and O–H groups in total. The molecule has 0 unspecified atom stereocenters. The number of nitrogens with one attached hydrogen (secondary N) is 2. The molecule has 102 valence electrons. The zero-order chi connectivity index (χ0) is 13.6. The highest BCUT2D eigenvalue weighted by Crippen LogP contribution is 2.11. The summed E-state index contributed by atoms with van der Waals surface area (Å²) in [7, 11) is 1.80. The van der Waals surface area contributed by atoms with Crippen LogP contribution >= 0.6 is 0 Å². The lowest BCUT2D eigenvalue weighted by Gasteiger charge is -2.09. The zero-order valence-corrected chi connectivity index (χ0v) is 9.92. The molecule has 0 aliphatic heterocycles. The highest BCUT2D eigenvalue weighted by molar-refractivity contribution is 5.77. The van der Waals surface area contributed by atoms with Gasteiger partial charge in [-0.3, -0.25) is 9.48 Å². The minimum absolute atomic E-state index is 0.131. The molecule has 0 radical (unpaired) electrons. The molecule has 5 nitrogen and oxygen atoms in total. The van der Waals surface area contributed by atoms with Gasteiger partial charge in [0.25, 0.3) is 0 Å². The van der Waals surface area contributed by atoms with Gasteiger partial charge in [0.2, 0.25) is 5.91 Å². The first-order valence-corrected chi connectivity index (χ1v) is 5.39. The normalized spacial score (nSPS) is 11.6. The van der Waals surface area contributed by atoms with Gasteiger partial charge in [-0.15, -0.1) is 0 Å². The maximum atomic E-state index is 11.8. The van der Waals surface area contributed by atoms with Crippen molar-refractivity contribution in [1.29, 1.82) is 0 Å². The van der Waals surface area contributed by atoms with Gasteiger partial charge in [-0.05, 0) is 6.07 Å². The van der Waals surface area contributed by atoms with E-state index in [0.29, 0.717) is 13.0 Å². The molecular weight excluding hydrogens is 249 g/mol. The van der Waals surface area contributed by atoms with Crippen LogP contribution in [-0.4, -0.2) is 41.5 Å². The number of hydrogen-bond acceptors (Lipinski definition) is 3. The number of rotatable bonds is 6. The molecule has 8 heteroatoms. The molecule has 1 aromatic rings. The fraction of sp³-hybridized carbons (Fsp3) is 0.600. The number of halogens is 3. The van der Waals surface area contributed by atoms with Crippen molar-refractivity contribution in [2.75, 3.05) is 19.6 Å². The van der Waals surface area contributed by atoms with Crippen molar-refractivity contribution < 1.29 is 18.0 Å². The molecule has 0 fully saturated rings. The van der Waals surface area contributed by atoms with Crippen molar-refractivity contribution >= 4 is 5.91 Å². The Morgan fingerprint density at radius 3 is 2.78 bits per heavy atom. The quantitative estimate of drug-likeness (QED) is 0.723. The van der Waals surface area contributed by atoms with Gasteiger partial charge < -0.3 is 10.6 Å². The summed E-state index contributed by atoms with van der Waals surface area (Å²) in [5.74, 6) is -0.669. The molecule has 1 rings (SSSR count). The topological polar surface area (TPSA) is 59.0 Å². The molecule has 18 heavy (non-hydrogen) atoms. The first-order chi connectivity index (χ1) is 8.38. The van der Waals surface area contributed by atoms with Crippen molar-refractivity contribution in [3.8, 4) is 0 Å². The molecule has 0 bridgehead atoms. The third-order valence-electron chi connectivity index (χ3n) is 2.25. The molecule has 0 saturated carbocycles. The van der Waals surface area contributed by atoms with Gasteiger partial charge >= 0.3 is 6.18 Å². The smallest absolute Gasteiger partial charge is 0.346 e. The molecule has 1 heterocycles. The van der Waals surface area contributed by atoms with Crippen molar-refractivity contribution in [2.45, 2.75) is 12.6 Å². The number of nitrogens with zero attached hydrogens (tertiary/aromatic N) is 2. The molecule has 0 saturated heterocycles. The first kappa shape index (κ1) is 14.5. The summed E-state index contributed by atoms with van der Waals surface area (Å²) in [6.07, 6.45) is -2.06. The number of aryl methyl sites for hydroxylation is 1. The highest BCUT2D eigenvalue weighted by Gasteiger charge is 2.27. The molecule has 0 aliphatic carbocycles. The summed E-state index contributed by atoms with van der Waals surface area (Å²) in [6, 6.07) is 1.84. The van der Waals surface area contributed by atoms with E-state index in [1.165, 1.54) is 0 Å². The monoisotopic (exact) mass is 264 g/mol. The van der Waals surface area contributed by atoms with E-state index in [1.54, 1.807) is 23.2 Å². The predicted octanol–water partition coefficient (Wildman–Crippen LogP) is 0.231. The van der Waals surface area contributed by atoms with E-state index < -0.39 is 18.6 Å². The summed E-state index contributed by atoms with van der Waals surface area (Å²) >= 11 is 0. The number of carbonyl (C=O) groups is 1. The van der Waals surface area contributed by atoms with Crippen LogP contribution in [0.15, 0.2) is 12.3 Å². The molecule has 0 atom stereocenters. The van der Waals surface area contributed by atoms with Crippen LogP contribution in [0.25, 0.3) is 0 Å². The summed E-state index contributed by atoms with van der Waals surface area (Å²) in [5, 5.41) is 8.52. The Bertz CT molecular complexity index is 389. The maximum Gasteiger partial charge on any atom is 0.405 e. The van der Waals surface area contributed by atoms with Gasteiger partial charge in [-0.25, -0.2) is 0 Å². The van der Waals surface area contributed by atoms with E-state index in [1.807, 2.05) is 6.07 Å². The van der Waals surface area contributed by atoms with Gasteiger partial charge in [0.1, 0.15) is 6.54 Å². The highest BCUT2D eigenvalue weighted by atomic mass is 19.4. The van der Waals surface area contributed by atoms with Crippen molar-refractivity contribution in [1.82, 2.24) is 20.4 Å². The van der Waals surface area contributed by atoms with E-state index in [9.17, 15) is 18.0 Å². The van der Waals surface area contributed by atoms with Gasteiger partial charge in [-0.2, -0.15) is 18.3 Å². The lowest BCUT2D eigenvalue weighted by molar-refractivity contribution is -0.137. The first-order valence-electron chi connectivity index (χ1n) is 5.39. The van der Waals surface area contributed by atoms with Gasteiger partial charge in [0.15, 0.2) is 0 Å². The van der Waals surface area contributed by atoms with E-state index in [0.717, 1.165) is 5.69 Å². The Morgan fingerprint density at radius 1 is 1.50 bits per heavy atom. The van der Waals surface area contributed by atoms with Gasteiger partial charge in [0, 0.05) is 31.9 Å². The third kappa shape index (κ3) is 5.67. The van der Waals surface area contributed by atoms with Crippen LogP contribution in [0, 0.1) is 0 Å². The number of hydrogen-bond donors (Lipinski definition) is 2. The SMILES string of the molecule is Cn1nccc1CCNCC(=O)NCC(F)(F)F. The molecule has 0 aliphatic rings. The van der Waals surface area contributed by atoms with Crippen LogP contribution < -0.4 is 10.6 Å². The molecule has 1 amide bonds. The van der Waals surface area contributed by atoms with Crippen molar-refractivity contribution in [3.05, 3.63) is 18.0 Å². The maximum absolute atomic E-state index is 11.8. The average molecular weight is 264 g/mol. The van der Waals surface area contributed by atoms with Crippen LogP contribution in [0.3, 0.4) is 0 Å². The van der Waals surface area contributed by atoms with Crippen LogP contribution in [0.2, 0.25) is 0 Å². The van der Waals surface area contributed by atoms with E-state index in [4.69, 9.17) is 0 Å². The second-order valence-corrected chi connectivity index (χ2v) is 3.76. The van der Waals surface area contributed by atoms with E-state index in [-0.39, 0.29) is 6.54 Å². The second kappa shape index (κ2) is 6.39. The number of aromatic nitrogens is 2.